The van der Waals surface area contributed by atoms with E-state index in [0.717, 1.165) is 18.6 Å². The Labute approximate surface area is 98.9 Å². The zero-order chi connectivity index (χ0) is 11.0. The fourth-order valence-corrected chi connectivity index (χ4v) is 2.10. The molecule has 0 bridgehead atoms. The summed E-state index contributed by atoms with van der Waals surface area (Å²) in [5, 5.41) is 0. The highest BCUT2D eigenvalue weighted by Gasteiger charge is 2.27. The first-order valence-corrected chi connectivity index (χ1v) is 6.04. The standard InChI is InChI=1S/C12H16BrNO/c1-7-3-10(4-8(2)12(7)13)15-11-5-9(14)6-11/h3-4,9,11H,5-6,14H2,1-2H3. The molecule has 15 heavy (non-hydrogen) atoms. The topological polar surface area (TPSA) is 35.2 Å². The Morgan fingerprint density at radius 1 is 1.27 bits per heavy atom. The molecular weight excluding hydrogens is 254 g/mol. The largest absolute Gasteiger partial charge is 0.490 e. The molecule has 2 rings (SSSR count). The van der Waals surface area contributed by atoms with Crippen LogP contribution in [0, 0.1) is 13.8 Å². The number of benzene rings is 1. The van der Waals surface area contributed by atoms with Crippen molar-refractivity contribution in [3.8, 4) is 5.75 Å². The maximum absolute atomic E-state index is 5.84. The van der Waals surface area contributed by atoms with Crippen LogP contribution in [-0.2, 0) is 0 Å². The Morgan fingerprint density at radius 2 is 1.80 bits per heavy atom. The molecule has 2 N–H and O–H groups in total. The minimum atomic E-state index is 0.319. The van der Waals surface area contributed by atoms with Crippen LogP contribution >= 0.6 is 15.9 Å². The van der Waals surface area contributed by atoms with Gasteiger partial charge in [-0.1, -0.05) is 15.9 Å². The SMILES string of the molecule is Cc1cc(OC2CC(N)C2)cc(C)c1Br. The second kappa shape index (κ2) is 4.14. The number of hydrogen-bond acceptors (Lipinski definition) is 2. The van der Waals surface area contributed by atoms with E-state index in [-0.39, 0.29) is 0 Å². The van der Waals surface area contributed by atoms with Crippen molar-refractivity contribution in [1.29, 1.82) is 0 Å². The highest BCUT2D eigenvalue weighted by molar-refractivity contribution is 9.10. The summed E-state index contributed by atoms with van der Waals surface area (Å²) in [7, 11) is 0. The minimum Gasteiger partial charge on any atom is -0.490 e. The predicted molar refractivity (Wildman–Crippen MR) is 65.2 cm³/mol. The molecule has 1 aromatic rings. The first kappa shape index (κ1) is 11.0. The fourth-order valence-electron chi connectivity index (χ4n) is 1.87. The van der Waals surface area contributed by atoms with Gasteiger partial charge in [-0.2, -0.15) is 0 Å². The summed E-state index contributed by atoms with van der Waals surface area (Å²) in [4.78, 5) is 0. The van der Waals surface area contributed by atoms with Crippen LogP contribution in [0.25, 0.3) is 0 Å². The maximum Gasteiger partial charge on any atom is 0.120 e. The highest BCUT2D eigenvalue weighted by atomic mass is 79.9. The van der Waals surface area contributed by atoms with Crippen LogP contribution in [0.5, 0.6) is 5.75 Å². The van der Waals surface area contributed by atoms with Gasteiger partial charge in [-0.25, -0.2) is 0 Å². The molecule has 82 valence electrons. The normalized spacial score (nSPS) is 24.8. The molecule has 3 heteroatoms. The van der Waals surface area contributed by atoms with E-state index < -0.39 is 0 Å². The van der Waals surface area contributed by atoms with E-state index >= 15 is 0 Å². The van der Waals surface area contributed by atoms with E-state index in [9.17, 15) is 0 Å². The molecule has 0 aliphatic heterocycles. The summed E-state index contributed by atoms with van der Waals surface area (Å²) in [6.45, 7) is 4.16. The van der Waals surface area contributed by atoms with Gasteiger partial charge in [0.25, 0.3) is 0 Å². The second-order valence-corrected chi connectivity index (χ2v) is 5.14. The van der Waals surface area contributed by atoms with Gasteiger partial charge in [0.1, 0.15) is 11.9 Å². The van der Waals surface area contributed by atoms with Crippen molar-refractivity contribution in [2.75, 3.05) is 0 Å². The zero-order valence-corrected chi connectivity index (χ0v) is 10.7. The van der Waals surface area contributed by atoms with Gasteiger partial charge in [0.15, 0.2) is 0 Å². The molecule has 0 aromatic heterocycles. The molecule has 1 saturated carbocycles. The first-order chi connectivity index (χ1) is 7.06. The quantitative estimate of drug-likeness (QED) is 0.896. The number of aryl methyl sites for hydroxylation is 2. The Hall–Kier alpha value is -0.540. The molecule has 1 aromatic carbocycles. The maximum atomic E-state index is 5.84. The van der Waals surface area contributed by atoms with Crippen LogP contribution in [0.1, 0.15) is 24.0 Å². The summed E-state index contributed by atoms with van der Waals surface area (Å²) < 4.78 is 7.00. The zero-order valence-electron chi connectivity index (χ0n) is 9.09. The minimum absolute atomic E-state index is 0.319. The summed E-state index contributed by atoms with van der Waals surface area (Å²) in [6.07, 6.45) is 2.28. The second-order valence-electron chi connectivity index (χ2n) is 4.34. The molecule has 0 radical (unpaired) electrons. The van der Waals surface area contributed by atoms with Crippen LogP contribution in [-0.4, -0.2) is 12.1 Å². The van der Waals surface area contributed by atoms with Crippen LogP contribution in [0.15, 0.2) is 16.6 Å². The lowest BCUT2D eigenvalue weighted by molar-refractivity contribution is 0.101. The third-order valence-corrected chi connectivity index (χ3v) is 4.09. The van der Waals surface area contributed by atoms with Crippen molar-refractivity contribution in [2.45, 2.75) is 38.8 Å². The van der Waals surface area contributed by atoms with Crippen molar-refractivity contribution in [3.05, 3.63) is 27.7 Å². The van der Waals surface area contributed by atoms with Crippen LogP contribution in [0.4, 0.5) is 0 Å². The molecule has 0 amide bonds. The molecule has 0 saturated heterocycles. The summed E-state index contributed by atoms with van der Waals surface area (Å²) in [5.74, 6) is 0.963. The Balaban J connectivity index is 2.09. The molecule has 0 spiro atoms. The molecule has 0 atom stereocenters. The molecule has 1 fully saturated rings. The smallest absolute Gasteiger partial charge is 0.120 e. The summed E-state index contributed by atoms with van der Waals surface area (Å²) in [6, 6.07) is 4.48. The Bertz CT molecular complexity index is 349. The average molecular weight is 270 g/mol. The average Bonchev–Trinajstić information content (AvgIpc) is 2.11. The lowest BCUT2D eigenvalue weighted by atomic mass is 9.90. The van der Waals surface area contributed by atoms with Crippen molar-refractivity contribution in [2.24, 2.45) is 5.73 Å². The molecule has 2 nitrogen and oxygen atoms in total. The van der Waals surface area contributed by atoms with Crippen molar-refractivity contribution >= 4 is 15.9 Å². The van der Waals surface area contributed by atoms with Gasteiger partial charge in [-0.15, -0.1) is 0 Å². The Kier molecular flexibility index (Phi) is 3.03. The van der Waals surface area contributed by atoms with Gasteiger partial charge in [-0.3, -0.25) is 0 Å². The van der Waals surface area contributed by atoms with Crippen molar-refractivity contribution in [3.63, 3.8) is 0 Å². The third-order valence-electron chi connectivity index (χ3n) is 2.84. The van der Waals surface area contributed by atoms with Crippen molar-refractivity contribution in [1.82, 2.24) is 0 Å². The molecule has 0 heterocycles. The summed E-state index contributed by atoms with van der Waals surface area (Å²) >= 11 is 3.54. The van der Waals surface area contributed by atoms with Crippen LogP contribution in [0.3, 0.4) is 0 Å². The van der Waals surface area contributed by atoms with Gasteiger partial charge in [-0.05, 0) is 49.9 Å². The number of ether oxygens (including phenoxy) is 1. The molecule has 1 aliphatic rings. The fraction of sp³-hybridized carbons (Fsp3) is 0.500. The lowest BCUT2D eigenvalue weighted by Gasteiger charge is -2.32. The number of nitrogens with two attached hydrogens (primary N) is 1. The van der Waals surface area contributed by atoms with Crippen LogP contribution in [0.2, 0.25) is 0 Å². The van der Waals surface area contributed by atoms with E-state index in [4.69, 9.17) is 10.5 Å². The van der Waals surface area contributed by atoms with E-state index in [0.29, 0.717) is 12.1 Å². The van der Waals surface area contributed by atoms with E-state index in [1.54, 1.807) is 0 Å². The number of halogens is 1. The first-order valence-electron chi connectivity index (χ1n) is 5.25. The summed E-state index contributed by atoms with van der Waals surface area (Å²) in [5.41, 5.74) is 8.15. The van der Waals surface area contributed by atoms with E-state index in [1.165, 1.54) is 15.6 Å². The van der Waals surface area contributed by atoms with Crippen LogP contribution < -0.4 is 10.5 Å². The van der Waals surface area contributed by atoms with Gasteiger partial charge in [0.2, 0.25) is 0 Å². The Morgan fingerprint density at radius 3 is 2.27 bits per heavy atom. The van der Waals surface area contributed by atoms with Gasteiger partial charge in [0.05, 0.1) is 0 Å². The molecule has 0 unspecified atom stereocenters. The molecular formula is C12H16BrNO. The highest BCUT2D eigenvalue weighted by Crippen LogP contribution is 2.29. The van der Waals surface area contributed by atoms with Crippen molar-refractivity contribution < 1.29 is 4.74 Å². The lowest BCUT2D eigenvalue weighted by Crippen LogP contribution is -2.43. The number of rotatable bonds is 2. The van der Waals surface area contributed by atoms with Gasteiger partial charge >= 0.3 is 0 Å². The van der Waals surface area contributed by atoms with E-state index in [2.05, 4.69) is 41.9 Å². The number of hydrogen-bond donors (Lipinski definition) is 1. The van der Waals surface area contributed by atoms with E-state index in [1.807, 2.05) is 0 Å². The van der Waals surface area contributed by atoms with Gasteiger partial charge < -0.3 is 10.5 Å². The predicted octanol–water partition coefficient (Wildman–Crippen LogP) is 2.93. The monoisotopic (exact) mass is 269 g/mol. The molecule has 1 aliphatic carbocycles. The van der Waals surface area contributed by atoms with Gasteiger partial charge in [0, 0.05) is 10.5 Å². The third kappa shape index (κ3) is 2.34.